The molecule has 1 unspecified atom stereocenters. The van der Waals surface area contributed by atoms with Gasteiger partial charge in [0.25, 0.3) is 0 Å². The maximum atomic E-state index is 12.8. The number of allylic oxidation sites excluding steroid dienone is 24. The summed E-state index contributed by atoms with van der Waals surface area (Å²) in [4.78, 5) is 38.0. The minimum atomic E-state index is -0.793. The van der Waals surface area contributed by atoms with Gasteiger partial charge in [0.15, 0.2) is 6.10 Å². The molecule has 0 N–H and O–H groups in total. The summed E-state index contributed by atoms with van der Waals surface area (Å²) in [5.74, 6) is -0.931. The Balaban J connectivity index is 4.21. The molecule has 0 aromatic heterocycles. The van der Waals surface area contributed by atoms with E-state index in [9.17, 15) is 14.4 Å². The van der Waals surface area contributed by atoms with E-state index in [0.717, 1.165) is 161 Å². The van der Waals surface area contributed by atoms with Gasteiger partial charge >= 0.3 is 17.9 Å². The fourth-order valence-corrected chi connectivity index (χ4v) is 8.04. The number of esters is 3. The van der Waals surface area contributed by atoms with E-state index < -0.39 is 6.10 Å². The molecule has 0 spiro atoms. The van der Waals surface area contributed by atoms with Gasteiger partial charge in [-0.1, -0.05) is 263 Å². The van der Waals surface area contributed by atoms with E-state index in [2.05, 4.69) is 167 Å². The van der Waals surface area contributed by atoms with Crippen molar-refractivity contribution >= 4 is 17.9 Å². The second-order valence-corrected chi connectivity index (χ2v) is 19.9. The van der Waals surface area contributed by atoms with Crippen molar-refractivity contribution in [3.8, 4) is 0 Å². The van der Waals surface area contributed by atoms with Gasteiger partial charge in [-0.15, -0.1) is 0 Å². The number of hydrogen-bond acceptors (Lipinski definition) is 6. The highest BCUT2D eigenvalue weighted by Gasteiger charge is 2.19. The van der Waals surface area contributed by atoms with Crippen LogP contribution in [0.25, 0.3) is 0 Å². The molecule has 0 saturated carbocycles. The van der Waals surface area contributed by atoms with E-state index in [1.807, 2.05) is 0 Å². The lowest BCUT2D eigenvalue weighted by Gasteiger charge is -2.18. The third-order valence-corrected chi connectivity index (χ3v) is 12.6. The molecule has 6 heteroatoms. The monoisotopic (exact) mass is 1050 g/mol. The summed E-state index contributed by atoms with van der Waals surface area (Å²) in [5.41, 5.74) is 0. The fraction of sp³-hybridized carbons (Fsp3) is 0.614. The van der Waals surface area contributed by atoms with Crippen molar-refractivity contribution in [1.29, 1.82) is 0 Å². The van der Waals surface area contributed by atoms with Crippen LogP contribution in [0.5, 0.6) is 0 Å². The highest BCUT2D eigenvalue weighted by Crippen LogP contribution is 2.14. The summed E-state index contributed by atoms with van der Waals surface area (Å²) in [7, 11) is 0. The Labute approximate surface area is 467 Å². The minimum Gasteiger partial charge on any atom is -0.462 e. The number of ether oxygens (including phenoxy) is 3. The van der Waals surface area contributed by atoms with Crippen molar-refractivity contribution in [2.75, 3.05) is 13.2 Å². The van der Waals surface area contributed by atoms with Crippen LogP contribution in [-0.4, -0.2) is 37.2 Å². The summed E-state index contributed by atoms with van der Waals surface area (Å²) in [5, 5.41) is 0. The zero-order valence-corrected chi connectivity index (χ0v) is 49.0. The first-order valence-corrected chi connectivity index (χ1v) is 30.8. The minimum absolute atomic E-state index is 0.0914. The highest BCUT2D eigenvalue weighted by atomic mass is 16.6. The second kappa shape index (κ2) is 62.8. The Kier molecular flexibility index (Phi) is 58.9. The van der Waals surface area contributed by atoms with Crippen LogP contribution in [0.4, 0.5) is 0 Å². The maximum absolute atomic E-state index is 12.8. The first-order valence-electron chi connectivity index (χ1n) is 30.8. The number of unbranched alkanes of at least 4 members (excludes halogenated alkanes) is 19. The van der Waals surface area contributed by atoms with Crippen LogP contribution < -0.4 is 0 Å². The Morgan fingerprint density at radius 3 is 0.803 bits per heavy atom. The normalized spacial score (nSPS) is 13.1. The van der Waals surface area contributed by atoms with Crippen molar-refractivity contribution in [2.24, 2.45) is 0 Å². The lowest BCUT2D eigenvalue weighted by atomic mass is 10.1. The van der Waals surface area contributed by atoms with E-state index in [1.165, 1.54) is 57.8 Å². The molecule has 0 heterocycles. The molecule has 0 rings (SSSR count). The summed E-state index contributed by atoms with van der Waals surface area (Å²) in [6.07, 6.45) is 90.2. The van der Waals surface area contributed by atoms with Gasteiger partial charge in [0.05, 0.1) is 0 Å². The molecule has 0 radical (unpaired) electrons. The molecule has 1 atom stereocenters. The largest absolute Gasteiger partial charge is 0.462 e. The average molecular weight is 1050 g/mol. The third kappa shape index (κ3) is 60.2. The van der Waals surface area contributed by atoms with Crippen molar-refractivity contribution < 1.29 is 28.6 Å². The van der Waals surface area contributed by atoms with Gasteiger partial charge < -0.3 is 14.2 Å². The van der Waals surface area contributed by atoms with Crippen LogP contribution in [-0.2, 0) is 28.6 Å². The predicted molar refractivity (Wildman–Crippen MR) is 329 cm³/mol. The van der Waals surface area contributed by atoms with Crippen molar-refractivity contribution in [3.63, 3.8) is 0 Å². The van der Waals surface area contributed by atoms with Gasteiger partial charge in [-0.05, 0) is 122 Å². The predicted octanol–water partition coefficient (Wildman–Crippen LogP) is 21.2. The summed E-state index contributed by atoms with van der Waals surface area (Å²) >= 11 is 0. The van der Waals surface area contributed by atoms with Gasteiger partial charge in [0.2, 0.25) is 0 Å². The number of carbonyl (C=O) groups is 3. The molecule has 0 aromatic carbocycles. The van der Waals surface area contributed by atoms with Crippen LogP contribution in [0.15, 0.2) is 146 Å². The van der Waals surface area contributed by atoms with Crippen LogP contribution in [0.2, 0.25) is 0 Å². The Morgan fingerprint density at radius 1 is 0.276 bits per heavy atom. The summed E-state index contributed by atoms with van der Waals surface area (Å²) in [6.45, 7) is 6.32. The maximum Gasteiger partial charge on any atom is 0.306 e. The van der Waals surface area contributed by atoms with Crippen LogP contribution in [0, 0.1) is 0 Å². The molecule has 0 bridgehead atoms. The first kappa shape index (κ1) is 71.3. The first-order chi connectivity index (χ1) is 37.5. The van der Waals surface area contributed by atoms with Crippen LogP contribution in [0.3, 0.4) is 0 Å². The summed E-state index contributed by atoms with van der Waals surface area (Å²) < 4.78 is 16.8. The molecule has 0 fully saturated rings. The highest BCUT2D eigenvalue weighted by molar-refractivity contribution is 5.71. The van der Waals surface area contributed by atoms with Gasteiger partial charge in [0.1, 0.15) is 13.2 Å². The van der Waals surface area contributed by atoms with Gasteiger partial charge in [-0.2, -0.15) is 0 Å². The van der Waals surface area contributed by atoms with E-state index in [0.29, 0.717) is 19.3 Å². The van der Waals surface area contributed by atoms with Crippen molar-refractivity contribution in [3.05, 3.63) is 146 Å². The number of carbonyl (C=O) groups excluding carboxylic acids is 3. The van der Waals surface area contributed by atoms with Gasteiger partial charge in [0, 0.05) is 19.3 Å². The Hall–Kier alpha value is -4.71. The van der Waals surface area contributed by atoms with Gasteiger partial charge in [-0.3, -0.25) is 14.4 Å². The topological polar surface area (TPSA) is 78.9 Å². The molecule has 428 valence electrons. The lowest BCUT2D eigenvalue weighted by Crippen LogP contribution is -2.30. The quantitative estimate of drug-likeness (QED) is 0.0261. The molecule has 0 aliphatic rings. The molecule has 0 saturated heterocycles. The molecular formula is C70H112O6. The Morgan fingerprint density at radius 2 is 0.513 bits per heavy atom. The average Bonchev–Trinajstić information content (AvgIpc) is 3.42. The molecular weight excluding hydrogens is 937 g/mol. The van der Waals surface area contributed by atoms with E-state index in [4.69, 9.17) is 14.2 Å². The molecule has 76 heavy (non-hydrogen) atoms. The lowest BCUT2D eigenvalue weighted by molar-refractivity contribution is -0.167. The zero-order chi connectivity index (χ0) is 55.0. The smallest absolute Gasteiger partial charge is 0.306 e. The summed E-state index contributed by atoms with van der Waals surface area (Å²) in [6, 6.07) is 0. The SMILES string of the molecule is CC/C=C\C/C=C\C/C=C\C/C=C\C/C=C\C/C=C\C/C=C\CCCCCCCC(=O)OCC(COC(=O)CCCCCCCC)OC(=O)CCCCCCCCCCC/C=C\C/C=C\C/C=C\C/C=C\C/C=C\CC. The van der Waals surface area contributed by atoms with E-state index in [-0.39, 0.29) is 31.1 Å². The van der Waals surface area contributed by atoms with Crippen molar-refractivity contribution in [1.82, 2.24) is 0 Å². The standard InChI is InChI=1S/C70H112O6/c1-4-7-10-13-16-18-20-22-24-26-28-30-32-34-35-37-38-40-42-44-46-48-50-52-54-57-60-63-69(72)75-66-67(65-74-68(71)62-59-56-15-12-9-6-3)76-70(73)64-61-58-55-53-51-49-47-45-43-41-39-36-33-31-29-27-25-23-21-19-17-14-11-8-5-2/h7-8,10-11,16-19,22-25,28-31,34-36,38-40,44,46,67H,4-6,9,12-15,20-21,26-27,32-33,37,41-43,45,47-66H2,1-3H3/b10-7-,11-8-,18-16-,19-17-,24-22-,25-23-,30-28-,31-29-,35-34-,39-36-,40-38-,46-44-. The van der Waals surface area contributed by atoms with Crippen LogP contribution >= 0.6 is 0 Å². The molecule has 6 nitrogen and oxygen atoms in total. The number of hydrogen-bond donors (Lipinski definition) is 0. The fourth-order valence-electron chi connectivity index (χ4n) is 8.04. The van der Waals surface area contributed by atoms with Crippen molar-refractivity contribution in [2.45, 2.75) is 264 Å². The van der Waals surface area contributed by atoms with Crippen LogP contribution in [0.1, 0.15) is 258 Å². The molecule has 0 aliphatic heterocycles. The van der Waals surface area contributed by atoms with E-state index in [1.54, 1.807) is 0 Å². The second-order valence-electron chi connectivity index (χ2n) is 19.9. The molecule has 0 amide bonds. The molecule has 0 aromatic rings. The van der Waals surface area contributed by atoms with Gasteiger partial charge in [-0.25, -0.2) is 0 Å². The zero-order valence-electron chi connectivity index (χ0n) is 49.0. The Bertz CT molecular complexity index is 1680. The molecule has 0 aliphatic carbocycles. The number of rotatable bonds is 54. The third-order valence-electron chi connectivity index (χ3n) is 12.6. The van der Waals surface area contributed by atoms with E-state index >= 15 is 0 Å².